The molecule has 0 radical (unpaired) electrons. The Bertz CT molecular complexity index is 291. The molecule has 2 aliphatic heterocycles. The Kier molecular flexibility index (Phi) is 1.53. The molecule has 2 saturated heterocycles. The van der Waals surface area contributed by atoms with Gasteiger partial charge in [-0.05, 0) is 6.92 Å². The highest BCUT2D eigenvalue weighted by Crippen LogP contribution is 2.43. The summed E-state index contributed by atoms with van der Waals surface area (Å²) in [6, 6.07) is 0. The van der Waals surface area contributed by atoms with Crippen molar-refractivity contribution in [3.63, 3.8) is 0 Å². The first-order valence-electron chi connectivity index (χ1n) is 4.83. The molecule has 0 amide bonds. The van der Waals surface area contributed by atoms with E-state index in [1.54, 1.807) is 6.92 Å². The molecule has 5 heteroatoms. The molecule has 5 atom stereocenters. The molecule has 14 heavy (non-hydrogen) atoms. The van der Waals surface area contributed by atoms with Crippen molar-refractivity contribution in [1.29, 1.82) is 0 Å². The second-order valence-corrected chi connectivity index (χ2v) is 4.23. The minimum Gasteiger partial charge on any atom is -0.457 e. The summed E-state index contributed by atoms with van der Waals surface area (Å²) >= 11 is 0. The van der Waals surface area contributed by atoms with Gasteiger partial charge in [0.1, 0.15) is 12.2 Å². The molecule has 1 N–H and O–H groups in total. The van der Waals surface area contributed by atoms with E-state index in [4.69, 9.17) is 14.2 Å². The molecule has 0 aromatic carbocycles. The normalized spacial score (nSPS) is 55.7. The van der Waals surface area contributed by atoms with Crippen molar-refractivity contribution in [1.82, 2.24) is 0 Å². The Hall–Kier alpha value is -0.650. The lowest BCUT2D eigenvalue weighted by molar-refractivity contribution is -0.157. The van der Waals surface area contributed by atoms with Gasteiger partial charge >= 0.3 is 5.97 Å². The predicted octanol–water partition coefficient (Wildman–Crippen LogP) is -0.433. The Morgan fingerprint density at radius 1 is 1.36 bits per heavy atom. The number of ether oxygens (including phenoxy) is 3. The van der Waals surface area contributed by atoms with Gasteiger partial charge in [-0.25, -0.2) is 4.79 Å². The summed E-state index contributed by atoms with van der Waals surface area (Å²) in [5.41, 5.74) is -1.33. The molecule has 0 aromatic rings. The highest BCUT2D eigenvalue weighted by Gasteiger charge is 2.60. The van der Waals surface area contributed by atoms with Gasteiger partial charge in [0.05, 0.1) is 6.10 Å². The van der Waals surface area contributed by atoms with Crippen molar-refractivity contribution in [2.24, 2.45) is 0 Å². The standard InChI is InChI=1S/C9H12O5/c1-4-12-5-2-9(11)3-6(7(5)13-4)14-8(9)10/h4-7,11H,2-3H2,1H3/t4?,5-,6-,7-,9+/m1/s1. The number of fused-ring (bicyclic) bond motifs is 4. The lowest BCUT2D eigenvalue weighted by Crippen LogP contribution is -2.47. The first-order chi connectivity index (χ1) is 6.58. The Labute approximate surface area is 80.9 Å². The third-order valence-corrected chi connectivity index (χ3v) is 3.16. The topological polar surface area (TPSA) is 65.0 Å². The zero-order valence-electron chi connectivity index (χ0n) is 7.80. The summed E-state index contributed by atoms with van der Waals surface area (Å²) in [5.74, 6) is -0.531. The van der Waals surface area contributed by atoms with E-state index in [1.165, 1.54) is 0 Å². The van der Waals surface area contributed by atoms with E-state index >= 15 is 0 Å². The first kappa shape index (κ1) is 8.64. The fraction of sp³-hybridized carbons (Fsp3) is 0.889. The van der Waals surface area contributed by atoms with Crippen LogP contribution in [0.15, 0.2) is 0 Å². The van der Waals surface area contributed by atoms with E-state index in [-0.39, 0.29) is 31.0 Å². The van der Waals surface area contributed by atoms with Gasteiger partial charge < -0.3 is 19.3 Å². The lowest BCUT2D eigenvalue weighted by Gasteiger charge is -2.29. The molecule has 3 rings (SSSR count). The van der Waals surface area contributed by atoms with Gasteiger partial charge in [-0.2, -0.15) is 0 Å². The van der Waals surface area contributed by atoms with Crippen molar-refractivity contribution in [2.45, 2.75) is 50.0 Å². The van der Waals surface area contributed by atoms with Crippen LogP contribution < -0.4 is 0 Å². The Morgan fingerprint density at radius 2 is 2.07 bits per heavy atom. The van der Waals surface area contributed by atoms with E-state index in [0.717, 1.165) is 0 Å². The molecule has 0 aromatic heterocycles. The molecule has 5 nitrogen and oxygen atoms in total. The van der Waals surface area contributed by atoms with Crippen LogP contribution in [0.3, 0.4) is 0 Å². The minimum atomic E-state index is -1.33. The quantitative estimate of drug-likeness (QED) is 0.537. The molecule has 2 bridgehead atoms. The molecule has 3 fully saturated rings. The van der Waals surface area contributed by atoms with E-state index in [0.29, 0.717) is 6.42 Å². The van der Waals surface area contributed by atoms with Crippen molar-refractivity contribution in [2.75, 3.05) is 0 Å². The fourth-order valence-electron chi connectivity index (χ4n) is 2.54. The van der Waals surface area contributed by atoms with E-state index in [1.807, 2.05) is 0 Å². The smallest absolute Gasteiger partial charge is 0.338 e. The number of aliphatic hydroxyl groups is 1. The molecule has 1 unspecified atom stereocenters. The summed E-state index contributed by atoms with van der Waals surface area (Å²) in [5, 5.41) is 9.91. The zero-order chi connectivity index (χ0) is 9.92. The molecule has 1 saturated carbocycles. The third-order valence-electron chi connectivity index (χ3n) is 3.16. The number of rotatable bonds is 0. The van der Waals surface area contributed by atoms with Crippen LogP contribution in [0.5, 0.6) is 0 Å². The summed E-state index contributed by atoms with van der Waals surface area (Å²) in [6.07, 6.45) is -0.389. The number of hydrogen-bond donors (Lipinski definition) is 1. The average Bonchev–Trinajstić information content (AvgIpc) is 2.54. The van der Waals surface area contributed by atoms with Crippen molar-refractivity contribution in [3.8, 4) is 0 Å². The highest BCUT2D eigenvalue weighted by molar-refractivity contribution is 5.82. The van der Waals surface area contributed by atoms with Gasteiger partial charge in [0.25, 0.3) is 0 Å². The summed E-state index contributed by atoms with van der Waals surface area (Å²) < 4.78 is 16.0. The lowest BCUT2D eigenvalue weighted by atomic mass is 9.82. The first-order valence-corrected chi connectivity index (χ1v) is 4.83. The number of esters is 1. The molecule has 0 spiro atoms. The summed E-state index contributed by atoms with van der Waals surface area (Å²) in [4.78, 5) is 11.3. The predicted molar refractivity (Wildman–Crippen MR) is 43.3 cm³/mol. The maximum absolute atomic E-state index is 11.3. The van der Waals surface area contributed by atoms with Crippen LogP contribution in [0.2, 0.25) is 0 Å². The monoisotopic (exact) mass is 200 g/mol. The second kappa shape index (κ2) is 2.48. The van der Waals surface area contributed by atoms with Crippen LogP contribution in [-0.2, 0) is 19.0 Å². The Morgan fingerprint density at radius 3 is 2.86 bits per heavy atom. The van der Waals surface area contributed by atoms with Gasteiger partial charge in [-0.3, -0.25) is 0 Å². The number of hydrogen-bond acceptors (Lipinski definition) is 5. The van der Waals surface area contributed by atoms with Crippen molar-refractivity contribution >= 4 is 5.97 Å². The molecule has 1 aliphatic carbocycles. The zero-order valence-corrected chi connectivity index (χ0v) is 7.80. The van der Waals surface area contributed by atoms with Gasteiger partial charge in [-0.15, -0.1) is 0 Å². The SMILES string of the molecule is CC1O[C@H]2[C@H]3C[C@@](O)(C[C@H]2O1)C(=O)O3. The number of carbonyl (C=O) groups is 1. The maximum atomic E-state index is 11.3. The van der Waals surface area contributed by atoms with Gasteiger partial charge in [0, 0.05) is 12.8 Å². The molecule has 2 heterocycles. The van der Waals surface area contributed by atoms with E-state index in [2.05, 4.69) is 0 Å². The average molecular weight is 200 g/mol. The molecule has 3 aliphatic rings. The van der Waals surface area contributed by atoms with E-state index in [9.17, 15) is 9.90 Å². The fourth-order valence-corrected chi connectivity index (χ4v) is 2.54. The van der Waals surface area contributed by atoms with Crippen LogP contribution in [0.1, 0.15) is 19.8 Å². The van der Waals surface area contributed by atoms with Crippen LogP contribution >= 0.6 is 0 Å². The highest BCUT2D eigenvalue weighted by atomic mass is 16.7. The van der Waals surface area contributed by atoms with Crippen LogP contribution in [-0.4, -0.2) is 41.3 Å². The molecule has 78 valence electrons. The number of carbonyl (C=O) groups excluding carboxylic acids is 1. The van der Waals surface area contributed by atoms with Crippen molar-refractivity contribution < 1.29 is 24.1 Å². The van der Waals surface area contributed by atoms with Gasteiger partial charge in [0.15, 0.2) is 11.9 Å². The van der Waals surface area contributed by atoms with Gasteiger partial charge in [-0.1, -0.05) is 0 Å². The van der Waals surface area contributed by atoms with E-state index < -0.39 is 11.6 Å². The van der Waals surface area contributed by atoms with Crippen molar-refractivity contribution in [3.05, 3.63) is 0 Å². The van der Waals surface area contributed by atoms with Crippen LogP contribution in [0, 0.1) is 0 Å². The molecular formula is C9H12O5. The summed E-state index contributed by atoms with van der Waals surface area (Å²) in [7, 11) is 0. The van der Waals surface area contributed by atoms with Crippen LogP contribution in [0.4, 0.5) is 0 Å². The van der Waals surface area contributed by atoms with Crippen LogP contribution in [0.25, 0.3) is 0 Å². The Balaban J connectivity index is 1.90. The molecular weight excluding hydrogens is 188 g/mol. The second-order valence-electron chi connectivity index (χ2n) is 4.23. The van der Waals surface area contributed by atoms with Gasteiger partial charge in [0.2, 0.25) is 0 Å². The minimum absolute atomic E-state index is 0.197. The summed E-state index contributed by atoms with van der Waals surface area (Å²) in [6.45, 7) is 1.80. The third kappa shape index (κ3) is 0.973. The largest absolute Gasteiger partial charge is 0.457 e. The maximum Gasteiger partial charge on any atom is 0.338 e.